The lowest BCUT2D eigenvalue weighted by Crippen LogP contribution is -2.40. The van der Waals surface area contributed by atoms with Gasteiger partial charge in [-0.1, -0.05) is 0 Å². The van der Waals surface area contributed by atoms with Gasteiger partial charge in [0.1, 0.15) is 23.0 Å². The highest BCUT2D eigenvalue weighted by Crippen LogP contribution is 2.49. The van der Waals surface area contributed by atoms with Crippen molar-refractivity contribution in [1.29, 1.82) is 0 Å². The van der Waals surface area contributed by atoms with Gasteiger partial charge in [0.25, 0.3) is 0 Å². The molecule has 32 heavy (non-hydrogen) atoms. The molecule has 0 radical (unpaired) electrons. The molecule has 170 valence electrons. The Morgan fingerprint density at radius 1 is 0.781 bits per heavy atom. The molecule has 0 spiro atoms. The first-order chi connectivity index (χ1) is 15.7. The van der Waals surface area contributed by atoms with E-state index in [0.29, 0.717) is 25.6 Å². The van der Waals surface area contributed by atoms with E-state index in [9.17, 15) is 10.2 Å². The highest BCUT2D eigenvalue weighted by atomic mass is 16.5. The van der Waals surface area contributed by atoms with Crippen LogP contribution in [0.25, 0.3) is 0 Å². The van der Waals surface area contributed by atoms with Crippen molar-refractivity contribution in [1.82, 2.24) is 0 Å². The Morgan fingerprint density at radius 3 is 2.34 bits per heavy atom. The van der Waals surface area contributed by atoms with Crippen LogP contribution in [0.3, 0.4) is 0 Å². The predicted molar refractivity (Wildman–Crippen MR) is 117 cm³/mol. The van der Waals surface area contributed by atoms with E-state index in [0.717, 1.165) is 59.6 Å². The van der Waals surface area contributed by atoms with E-state index in [-0.39, 0.29) is 17.9 Å². The molecule has 1 aliphatic carbocycles. The number of hydrogen-bond donors (Lipinski definition) is 2. The summed E-state index contributed by atoms with van der Waals surface area (Å²) in [5.41, 5.74) is 2.58. The molecule has 0 saturated heterocycles. The third kappa shape index (κ3) is 3.41. The van der Waals surface area contributed by atoms with Gasteiger partial charge in [-0.3, -0.25) is 0 Å². The van der Waals surface area contributed by atoms with Gasteiger partial charge < -0.3 is 29.2 Å². The van der Waals surface area contributed by atoms with Crippen LogP contribution in [0.4, 0.5) is 0 Å². The average Bonchev–Trinajstić information content (AvgIpc) is 3.33. The molecule has 6 rings (SSSR count). The van der Waals surface area contributed by atoms with E-state index < -0.39 is 12.2 Å². The van der Waals surface area contributed by atoms with Crippen LogP contribution in [0.1, 0.15) is 61.0 Å². The fraction of sp³-hybridized carbons (Fsp3) is 0.538. The van der Waals surface area contributed by atoms with Gasteiger partial charge in [-0.2, -0.15) is 0 Å². The number of aliphatic hydroxyl groups excluding tert-OH is 2. The summed E-state index contributed by atoms with van der Waals surface area (Å²) in [6, 6.07) is 9.53. The molecule has 3 aliphatic heterocycles. The third-order valence-electron chi connectivity index (χ3n) is 7.53. The van der Waals surface area contributed by atoms with Crippen LogP contribution in [0.15, 0.2) is 30.3 Å². The zero-order valence-electron chi connectivity index (χ0n) is 18.2. The number of benzene rings is 2. The maximum Gasteiger partial charge on any atom is 0.125 e. The molecule has 0 amide bonds. The van der Waals surface area contributed by atoms with E-state index >= 15 is 0 Å². The Hall–Kier alpha value is -2.44. The summed E-state index contributed by atoms with van der Waals surface area (Å²) >= 11 is 0. The lowest BCUT2D eigenvalue weighted by molar-refractivity contribution is -0.0557. The molecule has 2 N–H and O–H groups in total. The van der Waals surface area contributed by atoms with Gasteiger partial charge in [-0.25, -0.2) is 0 Å². The third-order valence-corrected chi connectivity index (χ3v) is 7.53. The topological polar surface area (TPSA) is 77.4 Å². The fourth-order valence-electron chi connectivity index (χ4n) is 5.77. The summed E-state index contributed by atoms with van der Waals surface area (Å²) in [7, 11) is 0. The molecule has 6 nitrogen and oxygen atoms in total. The second-order valence-corrected chi connectivity index (χ2v) is 9.47. The van der Waals surface area contributed by atoms with Gasteiger partial charge in [0.2, 0.25) is 0 Å². The fourth-order valence-corrected chi connectivity index (χ4v) is 5.77. The van der Waals surface area contributed by atoms with Crippen LogP contribution in [0, 0.1) is 11.8 Å². The van der Waals surface area contributed by atoms with Crippen LogP contribution >= 0.6 is 0 Å². The summed E-state index contributed by atoms with van der Waals surface area (Å²) in [6.07, 6.45) is 5.12. The van der Waals surface area contributed by atoms with Crippen molar-refractivity contribution in [3.05, 3.63) is 47.0 Å². The molecule has 1 fully saturated rings. The quantitative estimate of drug-likeness (QED) is 0.751. The van der Waals surface area contributed by atoms with Gasteiger partial charge >= 0.3 is 0 Å². The normalized spacial score (nSPS) is 29.1. The maximum absolute atomic E-state index is 11.4. The zero-order valence-corrected chi connectivity index (χ0v) is 18.2. The molecule has 1 saturated carbocycles. The van der Waals surface area contributed by atoms with Crippen LogP contribution in [-0.4, -0.2) is 36.1 Å². The second-order valence-electron chi connectivity index (χ2n) is 9.47. The molecule has 6 heteroatoms. The highest BCUT2D eigenvalue weighted by Gasteiger charge is 2.43. The first-order valence-corrected chi connectivity index (χ1v) is 11.9. The van der Waals surface area contributed by atoms with Crippen LogP contribution in [-0.2, 0) is 6.42 Å². The van der Waals surface area contributed by atoms with Crippen LogP contribution in [0.5, 0.6) is 23.0 Å². The monoisotopic (exact) mass is 438 g/mol. The molecular weight excluding hydrogens is 408 g/mol. The predicted octanol–water partition coefficient (Wildman–Crippen LogP) is 4.12. The highest BCUT2D eigenvalue weighted by molar-refractivity contribution is 5.52. The molecule has 0 unspecified atom stereocenters. The number of hydrogen-bond acceptors (Lipinski definition) is 6. The Bertz CT molecular complexity index is 998. The minimum Gasteiger partial charge on any atom is -0.493 e. The van der Waals surface area contributed by atoms with Gasteiger partial charge in [-0.15, -0.1) is 0 Å². The Balaban J connectivity index is 1.27. The first kappa shape index (κ1) is 20.2. The SMILES string of the molecule is O[C@@H]1c2cc(OC3CCCC3)ccc2OC[C@@H]1[C@@H]1COc2ccc3c(c2[C@@H]1O)CCCO3. The van der Waals surface area contributed by atoms with Crippen LogP contribution < -0.4 is 18.9 Å². The number of aliphatic hydroxyl groups is 2. The van der Waals surface area contributed by atoms with Crippen molar-refractivity contribution in [3.63, 3.8) is 0 Å². The molecule has 3 heterocycles. The molecule has 2 aromatic carbocycles. The largest absolute Gasteiger partial charge is 0.493 e. The van der Waals surface area contributed by atoms with Gasteiger partial charge in [0.15, 0.2) is 0 Å². The molecule has 2 aromatic rings. The van der Waals surface area contributed by atoms with Crippen molar-refractivity contribution in [3.8, 4) is 23.0 Å². The van der Waals surface area contributed by atoms with Crippen molar-refractivity contribution >= 4 is 0 Å². The smallest absolute Gasteiger partial charge is 0.125 e. The van der Waals surface area contributed by atoms with Gasteiger partial charge in [0.05, 0.1) is 38.1 Å². The van der Waals surface area contributed by atoms with E-state index in [1.54, 1.807) is 0 Å². The summed E-state index contributed by atoms with van der Waals surface area (Å²) in [4.78, 5) is 0. The van der Waals surface area contributed by atoms with E-state index in [1.165, 1.54) is 12.8 Å². The van der Waals surface area contributed by atoms with Crippen molar-refractivity contribution in [2.75, 3.05) is 19.8 Å². The standard InChI is InChI=1S/C26H30O6/c27-25-18-12-16(32-15-4-1-2-5-15)7-8-22(18)30-13-19(25)20-14-31-23-10-9-21-17(6-3-11-29-21)24(23)26(20)28/h7-10,12,15,19-20,25-28H,1-6,11,13-14H2/t19-,20+,25-,26-/m1/s1. The van der Waals surface area contributed by atoms with E-state index in [2.05, 4.69) is 0 Å². The summed E-state index contributed by atoms with van der Waals surface area (Å²) < 4.78 is 24.0. The summed E-state index contributed by atoms with van der Waals surface area (Å²) in [6.45, 7) is 1.37. The molecular formula is C26H30O6. The first-order valence-electron chi connectivity index (χ1n) is 11.9. The Morgan fingerprint density at radius 2 is 1.50 bits per heavy atom. The van der Waals surface area contributed by atoms with Crippen molar-refractivity contribution in [2.24, 2.45) is 11.8 Å². The average molecular weight is 439 g/mol. The number of fused-ring (bicyclic) bond motifs is 4. The van der Waals surface area contributed by atoms with E-state index in [4.69, 9.17) is 18.9 Å². The summed E-state index contributed by atoms with van der Waals surface area (Å²) in [5.74, 6) is 2.45. The van der Waals surface area contributed by atoms with Gasteiger partial charge in [-0.05, 0) is 68.9 Å². The molecule has 0 bridgehead atoms. The maximum atomic E-state index is 11.4. The van der Waals surface area contributed by atoms with Gasteiger partial charge in [0, 0.05) is 28.5 Å². The number of ether oxygens (including phenoxy) is 4. The van der Waals surface area contributed by atoms with E-state index in [1.807, 2.05) is 30.3 Å². The Labute approximate surface area is 188 Å². The Kier molecular flexibility index (Phi) is 5.15. The minimum atomic E-state index is -0.758. The number of rotatable bonds is 3. The van der Waals surface area contributed by atoms with Crippen molar-refractivity contribution < 1.29 is 29.2 Å². The van der Waals surface area contributed by atoms with Crippen molar-refractivity contribution in [2.45, 2.75) is 56.8 Å². The minimum absolute atomic E-state index is 0.254. The second kappa shape index (κ2) is 8.16. The molecule has 0 aromatic heterocycles. The lowest BCUT2D eigenvalue weighted by atomic mass is 9.76. The molecule has 4 aliphatic rings. The summed E-state index contributed by atoms with van der Waals surface area (Å²) in [5, 5.41) is 22.7. The van der Waals surface area contributed by atoms with Crippen LogP contribution in [0.2, 0.25) is 0 Å². The zero-order chi connectivity index (χ0) is 21.7. The lowest BCUT2D eigenvalue weighted by Gasteiger charge is -2.41. The molecule has 4 atom stereocenters.